The monoisotopic (exact) mass is 383 g/mol. The lowest BCUT2D eigenvalue weighted by molar-refractivity contribution is -0.143. The largest absolute Gasteiger partial charge is 0.497 e. The molecule has 1 amide bonds. The standard InChI is InChI=1S/C22H25NO5/c1-16-6-4-5-7-18(16)10-11-23-21(24)15-28-22(25)9-8-17-12-19(26-2)14-20(13-17)27-3/h4-9,12-14H,10-11,15H2,1-3H3,(H,23,24)/b9-8+. The number of hydrogen-bond acceptors (Lipinski definition) is 5. The van der Waals surface area contributed by atoms with E-state index in [1.54, 1.807) is 38.5 Å². The van der Waals surface area contributed by atoms with Crippen molar-refractivity contribution in [3.63, 3.8) is 0 Å². The maximum Gasteiger partial charge on any atom is 0.331 e. The van der Waals surface area contributed by atoms with Gasteiger partial charge in [0, 0.05) is 18.7 Å². The van der Waals surface area contributed by atoms with Gasteiger partial charge in [0.05, 0.1) is 14.2 Å². The number of carbonyl (C=O) groups is 2. The fourth-order valence-corrected chi connectivity index (χ4v) is 2.55. The van der Waals surface area contributed by atoms with Gasteiger partial charge in [0.25, 0.3) is 5.91 Å². The number of nitrogens with one attached hydrogen (secondary N) is 1. The smallest absolute Gasteiger partial charge is 0.331 e. The minimum atomic E-state index is -0.601. The summed E-state index contributed by atoms with van der Waals surface area (Å²) in [6, 6.07) is 13.2. The zero-order valence-electron chi connectivity index (χ0n) is 16.4. The van der Waals surface area contributed by atoms with Crippen LogP contribution < -0.4 is 14.8 Å². The number of carbonyl (C=O) groups excluding carboxylic acids is 2. The highest BCUT2D eigenvalue weighted by Gasteiger charge is 2.06. The molecule has 2 aromatic carbocycles. The summed E-state index contributed by atoms with van der Waals surface area (Å²) in [5, 5.41) is 2.74. The molecule has 0 aliphatic heterocycles. The Morgan fingerprint density at radius 1 is 1.04 bits per heavy atom. The predicted octanol–water partition coefficient (Wildman–Crippen LogP) is 2.93. The molecule has 0 unspecified atom stereocenters. The summed E-state index contributed by atoms with van der Waals surface area (Å²) >= 11 is 0. The molecule has 0 aromatic heterocycles. The number of hydrogen-bond donors (Lipinski definition) is 1. The average Bonchev–Trinajstić information content (AvgIpc) is 2.71. The third kappa shape index (κ3) is 6.79. The van der Waals surface area contributed by atoms with Crippen LogP contribution in [0, 0.1) is 6.92 Å². The molecule has 0 saturated heterocycles. The van der Waals surface area contributed by atoms with Crippen LogP contribution in [0.25, 0.3) is 6.08 Å². The second-order valence-electron chi connectivity index (χ2n) is 6.11. The van der Waals surface area contributed by atoms with Crippen LogP contribution in [-0.2, 0) is 20.7 Å². The predicted molar refractivity (Wildman–Crippen MR) is 107 cm³/mol. The van der Waals surface area contributed by atoms with Crippen LogP contribution in [0.3, 0.4) is 0 Å². The van der Waals surface area contributed by atoms with Crippen LogP contribution in [0.1, 0.15) is 16.7 Å². The minimum absolute atomic E-state index is 0.321. The van der Waals surface area contributed by atoms with E-state index in [4.69, 9.17) is 14.2 Å². The van der Waals surface area contributed by atoms with E-state index in [1.165, 1.54) is 17.2 Å². The van der Waals surface area contributed by atoms with Gasteiger partial charge in [0.1, 0.15) is 11.5 Å². The number of aryl methyl sites for hydroxylation is 1. The van der Waals surface area contributed by atoms with Gasteiger partial charge in [-0.1, -0.05) is 24.3 Å². The zero-order valence-corrected chi connectivity index (χ0v) is 16.4. The van der Waals surface area contributed by atoms with Crippen molar-refractivity contribution in [1.82, 2.24) is 5.32 Å². The van der Waals surface area contributed by atoms with E-state index in [1.807, 2.05) is 31.2 Å². The minimum Gasteiger partial charge on any atom is -0.497 e. The van der Waals surface area contributed by atoms with Crippen LogP contribution in [0.2, 0.25) is 0 Å². The maximum atomic E-state index is 11.8. The highest BCUT2D eigenvalue weighted by Crippen LogP contribution is 2.23. The van der Waals surface area contributed by atoms with E-state index in [2.05, 4.69) is 5.32 Å². The Hall–Kier alpha value is -3.28. The Kier molecular flexibility index (Phi) is 8.09. The summed E-state index contributed by atoms with van der Waals surface area (Å²) in [4.78, 5) is 23.6. The number of benzene rings is 2. The SMILES string of the molecule is COc1cc(/C=C/C(=O)OCC(=O)NCCc2ccccc2C)cc(OC)c1. The Morgan fingerprint density at radius 2 is 1.71 bits per heavy atom. The summed E-state index contributed by atoms with van der Waals surface area (Å²) in [6.07, 6.45) is 3.56. The molecule has 0 saturated carbocycles. The number of rotatable bonds is 9. The molecule has 0 spiro atoms. The number of amides is 1. The van der Waals surface area contributed by atoms with Gasteiger partial charge in [-0.25, -0.2) is 4.79 Å². The van der Waals surface area contributed by atoms with Gasteiger partial charge < -0.3 is 19.5 Å². The van der Waals surface area contributed by atoms with Crippen LogP contribution in [0.5, 0.6) is 11.5 Å². The summed E-state index contributed by atoms with van der Waals surface area (Å²) in [7, 11) is 3.10. The van der Waals surface area contributed by atoms with Crippen molar-refractivity contribution in [2.75, 3.05) is 27.4 Å². The number of methoxy groups -OCH3 is 2. The lowest BCUT2D eigenvalue weighted by Crippen LogP contribution is -2.30. The van der Waals surface area contributed by atoms with E-state index in [9.17, 15) is 9.59 Å². The molecular formula is C22H25NO5. The quantitative estimate of drug-likeness (QED) is 0.532. The summed E-state index contributed by atoms with van der Waals surface area (Å²) < 4.78 is 15.3. The third-order valence-corrected chi connectivity index (χ3v) is 4.11. The molecule has 6 heteroatoms. The van der Waals surface area contributed by atoms with Gasteiger partial charge in [-0.2, -0.15) is 0 Å². The van der Waals surface area contributed by atoms with Crippen molar-refractivity contribution >= 4 is 18.0 Å². The normalized spacial score (nSPS) is 10.5. The zero-order chi connectivity index (χ0) is 20.4. The van der Waals surface area contributed by atoms with Crippen LogP contribution in [0.4, 0.5) is 0 Å². The highest BCUT2D eigenvalue weighted by molar-refractivity contribution is 5.89. The fraction of sp³-hybridized carbons (Fsp3) is 0.273. The Labute approximate surface area is 165 Å². The van der Waals surface area contributed by atoms with E-state index < -0.39 is 5.97 Å². The molecule has 0 heterocycles. The van der Waals surface area contributed by atoms with Crippen molar-refractivity contribution in [3.05, 3.63) is 65.2 Å². The molecule has 0 aliphatic carbocycles. The molecule has 28 heavy (non-hydrogen) atoms. The van der Waals surface area contributed by atoms with Gasteiger partial charge in [-0.3, -0.25) is 4.79 Å². The molecule has 0 radical (unpaired) electrons. The summed E-state index contributed by atoms with van der Waals surface area (Å²) in [5.41, 5.74) is 3.08. The Morgan fingerprint density at radius 3 is 2.36 bits per heavy atom. The molecule has 0 aliphatic rings. The molecule has 0 bridgehead atoms. The lowest BCUT2D eigenvalue weighted by atomic mass is 10.1. The average molecular weight is 383 g/mol. The van der Waals surface area contributed by atoms with E-state index in [-0.39, 0.29) is 12.5 Å². The van der Waals surface area contributed by atoms with E-state index in [0.717, 1.165) is 12.0 Å². The highest BCUT2D eigenvalue weighted by atomic mass is 16.5. The van der Waals surface area contributed by atoms with Crippen molar-refractivity contribution in [2.24, 2.45) is 0 Å². The Bertz CT molecular complexity index is 822. The van der Waals surface area contributed by atoms with Crippen molar-refractivity contribution < 1.29 is 23.8 Å². The molecular weight excluding hydrogens is 358 g/mol. The summed E-state index contributed by atoms with van der Waals surface area (Å²) in [6.45, 7) is 2.20. The van der Waals surface area contributed by atoms with Crippen LogP contribution in [-0.4, -0.2) is 39.2 Å². The number of esters is 1. The van der Waals surface area contributed by atoms with Crippen LogP contribution in [0.15, 0.2) is 48.5 Å². The first-order valence-corrected chi connectivity index (χ1v) is 8.91. The molecule has 2 aromatic rings. The summed E-state index contributed by atoms with van der Waals surface area (Å²) in [5.74, 6) is 0.287. The van der Waals surface area contributed by atoms with Crippen molar-refractivity contribution in [3.8, 4) is 11.5 Å². The number of ether oxygens (including phenoxy) is 3. The molecule has 1 N–H and O–H groups in total. The third-order valence-electron chi connectivity index (χ3n) is 4.11. The van der Waals surface area contributed by atoms with E-state index in [0.29, 0.717) is 18.0 Å². The maximum absolute atomic E-state index is 11.8. The second-order valence-corrected chi connectivity index (χ2v) is 6.11. The van der Waals surface area contributed by atoms with Gasteiger partial charge in [0.2, 0.25) is 0 Å². The van der Waals surface area contributed by atoms with Gasteiger partial charge in [-0.15, -0.1) is 0 Å². The molecule has 0 fully saturated rings. The first kappa shape index (κ1) is 21.0. The molecule has 0 atom stereocenters. The van der Waals surface area contributed by atoms with Gasteiger partial charge >= 0.3 is 5.97 Å². The van der Waals surface area contributed by atoms with Crippen molar-refractivity contribution in [2.45, 2.75) is 13.3 Å². The van der Waals surface area contributed by atoms with Crippen molar-refractivity contribution in [1.29, 1.82) is 0 Å². The first-order valence-electron chi connectivity index (χ1n) is 8.91. The fourth-order valence-electron chi connectivity index (χ4n) is 2.55. The topological polar surface area (TPSA) is 73.9 Å². The molecule has 2 rings (SSSR count). The first-order chi connectivity index (χ1) is 13.5. The Balaban J connectivity index is 1.76. The van der Waals surface area contributed by atoms with Gasteiger partial charge in [0.15, 0.2) is 6.61 Å². The van der Waals surface area contributed by atoms with Gasteiger partial charge in [-0.05, 0) is 48.2 Å². The van der Waals surface area contributed by atoms with E-state index >= 15 is 0 Å². The second kappa shape index (κ2) is 10.8. The molecule has 6 nitrogen and oxygen atoms in total. The van der Waals surface area contributed by atoms with Crippen LogP contribution >= 0.6 is 0 Å². The molecule has 148 valence electrons. The lowest BCUT2D eigenvalue weighted by Gasteiger charge is -2.07.